The fraction of sp³-hybridized carbons (Fsp3) is 0.676. The third-order valence-corrected chi connectivity index (χ3v) is 12.0. The molecule has 0 bridgehead atoms. The molecule has 51 heavy (non-hydrogen) atoms. The van der Waals surface area contributed by atoms with Gasteiger partial charge in [-0.25, -0.2) is 17.6 Å². The first-order valence-electron chi connectivity index (χ1n) is 18.4. The van der Waals surface area contributed by atoms with Crippen molar-refractivity contribution in [2.24, 2.45) is 5.41 Å². The quantitative estimate of drug-likeness (QED) is 0.167. The van der Waals surface area contributed by atoms with Gasteiger partial charge >= 0.3 is 6.09 Å². The Morgan fingerprint density at radius 2 is 1.84 bits per heavy atom. The molecule has 0 radical (unpaired) electrons. The van der Waals surface area contributed by atoms with E-state index < -0.39 is 62.7 Å². The zero-order chi connectivity index (χ0) is 37.0. The molecule has 3 atom stereocenters. The average Bonchev–Trinajstić information content (AvgIpc) is 3.98. The lowest BCUT2D eigenvalue weighted by atomic mass is 9.92. The number of carbonyl (C=O) groups is 4. The number of halogens is 1. The first kappa shape index (κ1) is 38.7. The van der Waals surface area contributed by atoms with Gasteiger partial charge < -0.3 is 20.3 Å². The topological polar surface area (TPSA) is 154 Å². The molecular formula is C37H54FN5O7S. The van der Waals surface area contributed by atoms with Crippen LogP contribution < -0.4 is 15.4 Å². The summed E-state index contributed by atoms with van der Waals surface area (Å²) in [5, 5.41) is 5.60. The van der Waals surface area contributed by atoms with Crippen molar-refractivity contribution in [3.8, 4) is 0 Å². The van der Waals surface area contributed by atoms with Crippen LogP contribution in [0, 0.1) is 11.2 Å². The van der Waals surface area contributed by atoms with Crippen molar-refractivity contribution in [3.05, 3.63) is 47.3 Å². The minimum Gasteiger partial charge on any atom is -0.444 e. The molecule has 2 heterocycles. The van der Waals surface area contributed by atoms with Gasteiger partial charge in [-0.05, 0) is 81.9 Å². The molecule has 1 saturated heterocycles. The summed E-state index contributed by atoms with van der Waals surface area (Å²) in [7, 11) is -3.82. The van der Waals surface area contributed by atoms with Gasteiger partial charge in [-0.3, -0.25) is 24.0 Å². The zero-order valence-corrected chi connectivity index (χ0v) is 31.2. The molecule has 14 heteroatoms. The second-order valence-electron chi connectivity index (χ2n) is 15.8. The number of hydrogen-bond donors (Lipinski definition) is 3. The summed E-state index contributed by atoms with van der Waals surface area (Å²) >= 11 is 0. The summed E-state index contributed by atoms with van der Waals surface area (Å²) in [6, 6.07) is 3.05. The second-order valence-corrected chi connectivity index (χ2v) is 17.7. The van der Waals surface area contributed by atoms with Gasteiger partial charge in [-0.1, -0.05) is 57.9 Å². The number of carbonyl (C=O) groups excluding carboxylic acids is 4. The highest BCUT2D eigenvalue weighted by atomic mass is 32.2. The number of sulfonamides is 1. The van der Waals surface area contributed by atoms with Gasteiger partial charge in [0.05, 0.1) is 24.4 Å². The lowest BCUT2D eigenvalue weighted by molar-refractivity contribution is -0.141. The maximum absolute atomic E-state index is 14.4. The number of amides is 4. The molecule has 0 aromatic heterocycles. The molecule has 3 N–H and O–H groups in total. The van der Waals surface area contributed by atoms with E-state index in [0.717, 1.165) is 32.1 Å². The molecule has 5 rings (SSSR count). The Bertz CT molecular complexity index is 1600. The van der Waals surface area contributed by atoms with Crippen LogP contribution in [0.1, 0.15) is 109 Å². The first-order valence-corrected chi connectivity index (χ1v) is 19.9. The fourth-order valence-electron chi connectivity index (χ4n) is 6.73. The van der Waals surface area contributed by atoms with Crippen LogP contribution in [0.25, 0.3) is 0 Å². The molecule has 3 fully saturated rings. The van der Waals surface area contributed by atoms with Gasteiger partial charge in [0.2, 0.25) is 21.8 Å². The van der Waals surface area contributed by atoms with Crippen LogP contribution in [0.3, 0.4) is 0 Å². The minimum atomic E-state index is -3.82. The van der Waals surface area contributed by atoms with Gasteiger partial charge in [0.15, 0.2) is 0 Å². The van der Waals surface area contributed by atoms with Crippen LogP contribution in [-0.4, -0.2) is 84.1 Å². The van der Waals surface area contributed by atoms with Gasteiger partial charge in [-0.2, -0.15) is 0 Å². The smallest absolute Gasteiger partial charge is 0.410 e. The van der Waals surface area contributed by atoms with Gasteiger partial charge in [0.1, 0.15) is 23.5 Å². The normalized spacial score (nSPS) is 21.7. The molecule has 1 aromatic rings. The SMILES string of the molecule is C/C=C\CCCCC[C@H](NCCC(C)(C)C)C(=O)N1C[C@H](OC(=O)N2Cc3cccc(F)c3C2)C[C@H]1C(=O)NC1(C(=O)NS(=O)(=O)C2CC2)CC1. The van der Waals surface area contributed by atoms with Crippen molar-refractivity contribution in [2.75, 3.05) is 13.1 Å². The number of hydrogen-bond acceptors (Lipinski definition) is 8. The van der Waals surface area contributed by atoms with Crippen molar-refractivity contribution in [3.63, 3.8) is 0 Å². The number of unbranched alkanes of at least 4 members (excludes halogenated alkanes) is 3. The molecule has 12 nitrogen and oxygen atoms in total. The minimum absolute atomic E-state index is 0.00536. The maximum atomic E-state index is 14.4. The number of nitrogens with one attached hydrogen (secondary N) is 3. The highest BCUT2D eigenvalue weighted by Gasteiger charge is 2.55. The Morgan fingerprint density at radius 1 is 1.10 bits per heavy atom. The van der Waals surface area contributed by atoms with Crippen LogP contribution in [0.5, 0.6) is 0 Å². The van der Waals surface area contributed by atoms with E-state index in [1.807, 2.05) is 13.0 Å². The lowest BCUT2D eigenvalue weighted by Crippen LogP contribution is -2.57. The van der Waals surface area contributed by atoms with E-state index in [-0.39, 0.29) is 50.2 Å². The van der Waals surface area contributed by atoms with Gasteiger partial charge in [-0.15, -0.1) is 0 Å². The highest BCUT2D eigenvalue weighted by molar-refractivity contribution is 7.91. The third kappa shape index (κ3) is 10.1. The van der Waals surface area contributed by atoms with Crippen LogP contribution in [0.15, 0.2) is 30.4 Å². The third-order valence-electron chi connectivity index (χ3n) is 10.2. The van der Waals surface area contributed by atoms with E-state index in [4.69, 9.17) is 4.74 Å². The van der Waals surface area contributed by atoms with Gasteiger partial charge in [0, 0.05) is 18.5 Å². The molecule has 4 amide bonds. The summed E-state index contributed by atoms with van der Waals surface area (Å²) in [5.74, 6) is -2.07. The number of likely N-dealkylation sites (tertiary alicyclic amines) is 1. The zero-order valence-electron chi connectivity index (χ0n) is 30.3. The fourth-order valence-corrected chi connectivity index (χ4v) is 8.11. The van der Waals surface area contributed by atoms with E-state index in [2.05, 4.69) is 42.2 Å². The van der Waals surface area contributed by atoms with Crippen LogP contribution >= 0.6 is 0 Å². The number of ether oxygens (including phenoxy) is 1. The first-order chi connectivity index (χ1) is 24.1. The number of fused-ring (bicyclic) bond motifs is 1. The van der Waals surface area contributed by atoms with Crippen molar-refractivity contribution in [1.82, 2.24) is 25.2 Å². The molecule has 4 aliphatic rings. The molecule has 0 spiro atoms. The van der Waals surface area contributed by atoms with Crippen LogP contribution in [-0.2, 0) is 42.2 Å². The number of allylic oxidation sites excluding steroid dienone is 2. The average molecular weight is 732 g/mol. The van der Waals surface area contributed by atoms with Crippen molar-refractivity contribution in [1.29, 1.82) is 0 Å². The lowest BCUT2D eigenvalue weighted by Gasteiger charge is -2.30. The Balaban J connectivity index is 1.30. The Morgan fingerprint density at radius 3 is 2.49 bits per heavy atom. The number of rotatable bonds is 16. The Labute approximate surface area is 301 Å². The predicted molar refractivity (Wildman–Crippen MR) is 190 cm³/mol. The number of benzene rings is 1. The molecule has 1 aromatic carbocycles. The summed E-state index contributed by atoms with van der Waals surface area (Å²) < 4.78 is 47.4. The summed E-state index contributed by atoms with van der Waals surface area (Å²) in [5.41, 5.74) is -0.224. The largest absolute Gasteiger partial charge is 0.444 e. The Hall–Kier alpha value is -3.52. The highest BCUT2D eigenvalue weighted by Crippen LogP contribution is 2.38. The monoisotopic (exact) mass is 731 g/mol. The molecular weight excluding hydrogens is 678 g/mol. The van der Waals surface area contributed by atoms with E-state index in [1.165, 1.54) is 15.9 Å². The standard InChI is InChI=1S/C37H54FN5O7S/c1-5-6-7-8-9-10-14-30(39-20-19-36(2,3)4)33(45)43-23-26(50-35(47)42-22-25-12-11-13-29(38)28(25)24-42)21-31(43)32(44)40-37(17-18-37)34(46)41-51(48,49)27-15-16-27/h5-6,11-13,26-27,30-31,39H,7-10,14-24H2,1-4H3,(H,40,44)(H,41,46)/b6-5-/t26-,30+,31+/m1/s1. The van der Waals surface area contributed by atoms with E-state index in [0.29, 0.717) is 36.9 Å². The van der Waals surface area contributed by atoms with Crippen LogP contribution in [0.4, 0.5) is 9.18 Å². The number of nitrogens with zero attached hydrogens (tertiary/aromatic N) is 2. The Kier molecular flexibility index (Phi) is 12.2. The summed E-state index contributed by atoms with van der Waals surface area (Å²) in [6.45, 7) is 9.14. The summed E-state index contributed by atoms with van der Waals surface area (Å²) in [4.78, 5) is 57.6. The second kappa shape index (κ2) is 16.0. The molecule has 2 aliphatic heterocycles. The van der Waals surface area contributed by atoms with Crippen molar-refractivity contribution in [2.45, 2.75) is 140 Å². The predicted octanol–water partition coefficient (Wildman–Crippen LogP) is 4.43. The van der Waals surface area contributed by atoms with Gasteiger partial charge in [0.25, 0.3) is 5.91 Å². The van der Waals surface area contributed by atoms with E-state index >= 15 is 0 Å². The molecule has 2 aliphatic carbocycles. The van der Waals surface area contributed by atoms with E-state index in [1.54, 1.807) is 12.1 Å². The van der Waals surface area contributed by atoms with Crippen molar-refractivity contribution >= 4 is 33.8 Å². The van der Waals surface area contributed by atoms with Crippen LogP contribution in [0.2, 0.25) is 0 Å². The van der Waals surface area contributed by atoms with Crippen molar-refractivity contribution < 1.29 is 36.7 Å². The maximum Gasteiger partial charge on any atom is 0.410 e. The summed E-state index contributed by atoms with van der Waals surface area (Å²) in [6.07, 6.45) is 9.17. The van der Waals surface area contributed by atoms with E-state index in [9.17, 15) is 32.0 Å². The molecule has 282 valence electrons. The molecule has 0 unspecified atom stereocenters. The molecule has 2 saturated carbocycles.